The second kappa shape index (κ2) is 10.5. The molecular formula is C20H29N4O4+. The Morgan fingerprint density at radius 1 is 1.25 bits per heavy atom. The smallest absolute Gasteiger partial charge is 0.275 e. The van der Waals surface area contributed by atoms with Gasteiger partial charge in [-0.3, -0.25) is 9.59 Å². The van der Waals surface area contributed by atoms with Gasteiger partial charge in [0.25, 0.3) is 11.8 Å². The van der Waals surface area contributed by atoms with Crippen LogP contribution in [0.5, 0.6) is 11.5 Å². The molecule has 0 spiro atoms. The first-order valence-corrected chi connectivity index (χ1v) is 9.63. The number of amides is 2. The van der Waals surface area contributed by atoms with Gasteiger partial charge in [0.2, 0.25) is 0 Å². The van der Waals surface area contributed by atoms with Crippen molar-refractivity contribution in [2.45, 2.75) is 26.8 Å². The molecule has 1 aliphatic heterocycles. The number of hydrogen-bond acceptors (Lipinski definition) is 5. The SMILES string of the molecule is CCOc1cc(C#N)ccc1OCC(=O)N1CC[NH+](CC(=O)NC(C)C)CC1. The molecule has 1 saturated heterocycles. The molecule has 0 saturated carbocycles. The zero-order valence-electron chi connectivity index (χ0n) is 16.8. The lowest BCUT2D eigenvalue weighted by Crippen LogP contribution is -3.16. The molecule has 0 aromatic heterocycles. The number of quaternary nitrogens is 1. The van der Waals surface area contributed by atoms with Gasteiger partial charge in [-0.05, 0) is 32.9 Å². The van der Waals surface area contributed by atoms with Crippen LogP contribution < -0.4 is 19.7 Å². The summed E-state index contributed by atoms with van der Waals surface area (Å²) in [5.41, 5.74) is 0.475. The van der Waals surface area contributed by atoms with Crippen LogP contribution in [0.15, 0.2) is 18.2 Å². The zero-order chi connectivity index (χ0) is 20.5. The number of benzene rings is 1. The highest BCUT2D eigenvalue weighted by molar-refractivity contribution is 5.78. The molecule has 152 valence electrons. The van der Waals surface area contributed by atoms with E-state index in [1.165, 1.54) is 4.90 Å². The van der Waals surface area contributed by atoms with Crippen LogP contribution in [0.4, 0.5) is 0 Å². The van der Waals surface area contributed by atoms with Crippen LogP contribution in [0.25, 0.3) is 0 Å². The lowest BCUT2D eigenvalue weighted by atomic mass is 10.2. The second-order valence-corrected chi connectivity index (χ2v) is 7.02. The largest absolute Gasteiger partial charge is 0.490 e. The summed E-state index contributed by atoms with van der Waals surface area (Å²) in [4.78, 5) is 27.3. The lowest BCUT2D eigenvalue weighted by molar-refractivity contribution is -0.896. The molecule has 0 radical (unpaired) electrons. The van der Waals surface area contributed by atoms with E-state index < -0.39 is 0 Å². The van der Waals surface area contributed by atoms with E-state index in [1.807, 2.05) is 20.8 Å². The van der Waals surface area contributed by atoms with E-state index in [4.69, 9.17) is 14.7 Å². The van der Waals surface area contributed by atoms with Crippen molar-refractivity contribution in [1.82, 2.24) is 10.2 Å². The van der Waals surface area contributed by atoms with Crippen LogP contribution in [0.3, 0.4) is 0 Å². The molecule has 8 heteroatoms. The van der Waals surface area contributed by atoms with Crippen molar-refractivity contribution in [3.63, 3.8) is 0 Å². The summed E-state index contributed by atoms with van der Waals surface area (Å²) in [6.45, 7) is 9.16. The van der Waals surface area contributed by atoms with Crippen LogP contribution in [0.1, 0.15) is 26.3 Å². The Hall–Kier alpha value is -2.79. The van der Waals surface area contributed by atoms with Gasteiger partial charge in [-0.1, -0.05) is 0 Å². The Balaban J connectivity index is 1.82. The van der Waals surface area contributed by atoms with E-state index in [1.54, 1.807) is 23.1 Å². The molecule has 0 bridgehead atoms. The monoisotopic (exact) mass is 389 g/mol. The van der Waals surface area contributed by atoms with Gasteiger partial charge in [0.15, 0.2) is 24.7 Å². The molecule has 0 atom stereocenters. The van der Waals surface area contributed by atoms with Gasteiger partial charge in [0, 0.05) is 12.1 Å². The van der Waals surface area contributed by atoms with E-state index in [0.717, 1.165) is 13.1 Å². The molecule has 8 nitrogen and oxygen atoms in total. The standard InChI is InChI=1S/C20H28N4O4/c1-4-27-18-11-16(12-21)5-6-17(18)28-14-20(26)24-9-7-23(8-10-24)13-19(25)22-15(2)3/h5-6,11,15H,4,7-10,13-14H2,1-3H3,(H,22,25)/p+1. The van der Waals surface area contributed by atoms with Crippen LogP contribution in [-0.4, -0.2) is 68.7 Å². The third kappa shape index (κ3) is 6.43. The minimum atomic E-state index is -0.0995. The fourth-order valence-corrected chi connectivity index (χ4v) is 3.05. The number of carbonyl (C=O) groups is 2. The van der Waals surface area contributed by atoms with Gasteiger partial charge in [-0.15, -0.1) is 0 Å². The molecule has 2 N–H and O–H groups in total. The van der Waals surface area contributed by atoms with Gasteiger partial charge < -0.3 is 24.6 Å². The van der Waals surface area contributed by atoms with E-state index in [0.29, 0.717) is 43.3 Å². The summed E-state index contributed by atoms with van der Waals surface area (Å²) in [6.07, 6.45) is 0. The Bertz CT molecular complexity index is 721. The maximum atomic E-state index is 12.5. The van der Waals surface area contributed by atoms with E-state index in [2.05, 4.69) is 11.4 Å². The first-order chi connectivity index (χ1) is 13.4. The van der Waals surface area contributed by atoms with E-state index in [9.17, 15) is 9.59 Å². The minimum Gasteiger partial charge on any atom is -0.490 e. The molecular weight excluding hydrogens is 360 g/mol. The first kappa shape index (κ1) is 21.5. The van der Waals surface area contributed by atoms with Crippen molar-refractivity contribution in [3.05, 3.63) is 23.8 Å². The quantitative estimate of drug-likeness (QED) is 0.630. The molecule has 1 aliphatic rings. The highest BCUT2D eigenvalue weighted by Crippen LogP contribution is 2.28. The van der Waals surface area contributed by atoms with Gasteiger partial charge in [-0.2, -0.15) is 5.26 Å². The topological polar surface area (TPSA) is 96.1 Å². The number of ether oxygens (including phenoxy) is 2. The third-order valence-corrected chi connectivity index (χ3v) is 4.41. The Labute approximate surface area is 166 Å². The number of nitrogens with one attached hydrogen (secondary N) is 2. The number of hydrogen-bond donors (Lipinski definition) is 2. The van der Waals surface area contributed by atoms with Crippen molar-refractivity contribution in [3.8, 4) is 17.6 Å². The number of rotatable bonds is 8. The summed E-state index contributed by atoms with van der Waals surface area (Å²) in [5.74, 6) is 0.846. The Morgan fingerprint density at radius 2 is 1.96 bits per heavy atom. The molecule has 2 amide bonds. The van der Waals surface area contributed by atoms with E-state index in [-0.39, 0.29) is 24.5 Å². The minimum absolute atomic E-state index is 0.0392. The molecule has 0 unspecified atom stereocenters. The Kier molecular flexibility index (Phi) is 8.08. The van der Waals surface area contributed by atoms with Gasteiger partial charge in [0.1, 0.15) is 0 Å². The van der Waals surface area contributed by atoms with Gasteiger partial charge >= 0.3 is 0 Å². The summed E-state index contributed by atoms with van der Waals surface area (Å²) < 4.78 is 11.1. The molecule has 1 heterocycles. The maximum absolute atomic E-state index is 12.5. The summed E-state index contributed by atoms with van der Waals surface area (Å²) >= 11 is 0. The molecule has 1 fully saturated rings. The first-order valence-electron chi connectivity index (χ1n) is 9.63. The lowest BCUT2D eigenvalue weighted by Gasteiger charge is -2.32. The fraction of sp³-hybridized carbons (Fsp3) is 0.550. The molecule has 2 rings (SSSR count). The van der Waals surface area contributed by atoms with Crippen LogP contribution in [0.2, 0.25) is 0 Å². The average molecular weight is 389 g/mol. The summed E-state index contributed by atoms with van der Waals surface area (Å²) in [7, 11) is 0. The van der Waals surface area contributed by atoms with Crippen LogP contribution >= 0.6 is 0 Å². The van der Waals surface area contributed by atoms with Crippen LogP contribution in [-0.2, 0) is 9.59 Å². The van der Waals surface area contributed by atoms with Crippen LogP contribution in [0, 0.1) is 11.3 Å². The highest BCUT2D eigenvalue weighted by Gasteiger charge is 2.25. The predicted molar refractivity (Wildman–Crippen MR) is 103 cm³/mol. The van der Waals surface area contributed by atoms with Gasteiger partial charge in [0.05, 0.1) is 44.4 Å². The van der Waals surface area contributed by atoms with Crippen molar-refractivity contribution >= 4 is 11.8 Å². The molecule has 0 aliphatic carbocycles. The fourth-order valence-electron chi connectivity index (χ4n) is 3.05. The number of nitriles is 1. The van der Waals surface area contributed by atoms with Gasteiger partial charge in [-0.25, -0.2) is 0 Å². The number of carbonyl (C=O) groups excluding carboxylic acids is 2. The highest BCUT2D eigenvalue weighted by atomic mass is 16.5. The summed E-state index contributed by atoms with van der Waals surface area (Å²) in [5, 5.41) is 11.9. The molecule has 28 heavy (non-hydrogen) atoms. The van der Waals surface area contributed by atoms with Crippen molar-refractivity contribution in [1.29, 1.82) is 5.26 Å². The second-order valence-electron chi connectivity index (χ2n) is 7.02. The average Bonchev–Trinajstić information content (AvgIpc) is 2.66. The zero-order valence-corrected chi connectivity index (χ0v) is 16.8. The summed E-state index contributed by atoms with van der Waals surface area (Å²) in [6, 6.07) is 7.07. The third-order valence-electron chi connectivity index (χ3n) is 4.41. The molecule has 1 aromatic carbocycles. The Morgan fingerprint density at radius 3 is 2.57 bits per heavy atom. The molecule has 1 aromatic rings. The van der Waals surface area contributed by atoms with E-state index >= 15 is 0 Å². The number of piperazine rings is 1. The van der Waals surface area contributed by atoms with Crippen molar-refractivity contribution in [2.75, 3.05) is 45.9 Å². The maximum Gasteiger partial charge on any atom is 0.275 e. The number of nitrogens with zero attached hydrogens (tertiary/aromatic N) is 2. The van der Waals surface area contributed by atoms with Crippen molar-refractivity contribution < 1.29 is 24.0 Å². The predicted octanol–water partition coefficient (Wildman–Crippen LogP) is -0.413. The normalized spacial score (nSPS) is 14.5. The van der Waals surface area contributed by atoms with Crippen molar-refractivity contribution in [2.24, 2.45) is 0 Å².